The van der Waals surface area contributed by atoms with Gasteiger partial charge in [-0.15, -0.1) is 11.8 Å². The summed E-state index contributed by atoms with van der Waals surface area (Å²) in [7, 11) is 1.81. The fraction of sp³-hybridized carbons (Fsp3) is 0.360. The Labute approximate surface area is 188 Å². The normalized spacial score (nSPS) is 14.4. The molecule has 0 spiro atoms. The first-order valence-corrected chi connectivity index (χ1v) is 11.9. The van der Waals surface area contributed by atoms with Gasteiger partial charge in [0.2, 0.25) is 11.8 Å². The standard InChI is InChI=1S/C25H29N3O2S/c1-26(20-11-5-4-6-12-20)25(30)19-31-23-17-28(22-14-8-7-13-21(22)23)18-24(29)27-15-9-2-3-10-16-27/h4-8,11-14,17H,2-3,9-10,15-16,18-19H2,1H3. The van der Waals surface area contributed by atoms with Gasteiger partial charge in [0.05, 0.1) is 5.75 Å². The maximum atomic E-state index is 12.9. The van der Waals surface area contributed by atoms with Crippen LogP contribution in [0.1, 0.15) is 25.7 Å². The number of likely N-dealkylation sites (tertiary alicyclic amines) is 1. The number of carbonyl (C=O) groups is 2. The largest absolute Gasteiger partial charge is 0.341 e. The molecule has 31 heavy (non-hydrogen) atoms. The van der Waals surface area contributed by atoms with E-state index < -0.39 is 0 Å². The van der Waals surface area contributed by atoms with Crippen molar-refractivity contribution in [2.45, 2.75) is 37.1 Å². The first kappa shape index (κ1) is 21.5. The lowest BCUT2D eigenvalue weighted by molar-refractivity contribution is -0.131. The van der Waals surface area contributed by atoms with Gasteiger partial charge in [0.15, 0.2) is 0 Å². The predicted octanol–water partition coefficient (Wildman–Crippen LogP) is 4.80. The van der Waals surface area contributed by atoms with Gasteiger partial charge in [0.1, 0.15) is 6.54 Å². The third-order valence-corrected chi connectivity index (χ3v) is 6.91. The van der Waals surface area contributed by atoms with Gasteiger partial charge in [-0.25, -0.2) is 0 Å². The summed E-state index contributed by atoms with van der Waals surface area (Å²) in [4.78, 5) is 30.4. The molecule has 1 saturated heterocycles. The molecule has 0 aliphatic carbocycles. The lowest BCUT2D eigenvalue weighted by Crippen LogP contribution is -2.34. The molecule has 3 aromatic rings. The van der Waals surface area contributed by atoms with Crippen LogP contribution < -0.4 is 4.90 Å². The Morgan fingerprint density at radius 1 is 0.935 bits per heavy atom. The molecule has 1 fully saturated rings. The van der Waals surface area contributed by atoms with E-state index in [0.717, 1.165) is 47.4 Å². The van der Waals surface area contributed by atoms with Crippen LogP contribution in [-0.4, -0.2) is 47.2 Å². The molecule has 0 atom stereocenters. The predicted molar refractivity (Wildman–Crippen MR) is 128 cm³/mol. The van der Waals surface area contributed by atoms with Crippen LogP contribution in [0, 0.1) is 0 Å². The number of para-hydroxylation sites is 2. The summed E-state index contributed by atoms with van der Waals surface area (Å²) in [6.45, 7) is 2.07. The van der Waals surface area contributed by atoms with Crippen LogP contribution in [0.3, 0.4) is 0 Å². The summed E-state index contributed by atoms with van der Waals surface area (Å²) >= 11 is 1.53. The number of hydrogen-bond donors (Lipinski definition) is 0. The molecule has 1 aliphatic heterocycles. The van der Waals surface area contributed by atoms with Gasteiger partial charge in [0, 0.05) is 47.8 Å². The Morgan fingerprint density at radius 3 is 2.35 bits per heavy atom. The molecule has 2 heterocycles. The number of fused-ring (bicyclic) bond motifs is 1. The summed E-state index contributed by atoms with van der Waals surface area (Å²) in [5.41, 5.74) is 1.93. The van der Waals surface area contributed by atoms with Crippen molar-refractivity contribution in [3.63, 3.8) is 0 Å². The Kier molecular flexibility index (Phi) is 6.97. The summed E-state index contributed by atoms with van der Waals surface area (Å²) in [6.07, 6.45) is 6.64. The topological polar surface area (TPSA) is 45.6 Å². The molecular formula is C25H29N3O2S. The van der Waals surface area contributed by atoms with E-state index >= 15 is 0 Å². The molecule has 2 amide bonds. The zero-order valence-electron chi connectivity index (χ0n) is 18.0. The Balaban J connectivity index is 1.47. The average Bonchev–Trinajstić information content (AvgIpc) is 2.96. The molecule has 2 aromatic carbocycles. The van der Waals surface area contributed by atoms with Gasteiger partial charge in [-0.3, -0.25) is 9.59 Å². The SMILES string of the molecule is CN(C(=O)CSc1cn(CC(=O)N2CCCCCC2)c2ccccc12)c1ccccc1. The van der Waals surface area contributed by atoms with E-state index in [1.807, 2.05) is 64.2 Å². The number of rotatable bonds is 6. The van der Waals surface area contributed by atoms with E-state index in [4.69, 9.17) is 0 Å². The zero-order valence-corrected chi connectivity index (χ0v) is 18.8. The maximum absolute atomic E-state index is 12.9. The maximum Gasteiger partial charge on any atom is 0.242 e. The Bertz CT molecular complexity index is 1040. The van der Waals surface area contributed by atoms with Crippen LogP contribution >= 0.6 is 11.8 Å². The van der Waals surface area contributed by atoms with Crippen molar-refractivity contribution in [2.75, 3.05) is 30.8 Å². The average molecular weight is 436 g/mol. The Morgan fingerprint density at radius 2 is 1.61 bits per heavy atom. The van der Waals surface area contributed by atoms with Crippen LogP contribution in [0.2, 0.25) is 0 Å². The molecule has 5 nitrogen and oxygen atoms in total. The number of thioether (sulfide) groups is 1. The number of nitrogens with zero attached hydrogens (tertiary/aromatic N) is 3. The number of anilines is 1. The minimum absolute atomic E-state index is 0.0497. The molecule has 6 heteroatoms. The van der Waals surface area contributed by atoms with Crippen molar-refractivity contribution in [3.05, 3.63) is 60.8 Å². The minimum atomic E-state index is 0.0497. The molecule has 0 saturated carbocycles. The van der Waals surface area contributed by atoms with Gasteiger partial charge in [-0.2, -0.15) is 0 Å². The third-order valence-electron chi connectivity index (χ3n) is 5.89. The first-order chi connectivity index (χ1) is 15.1. The monoisotopic (exact) mass is 435 g/mol. The van der Waals surface area contributed by atoms with E-state index in [-0.39, 0.29) is 11.8 Å². The smallest absolute Gasteiger partial charge is 0.242 e. The van der Waals surface area contributed by atoms with Crippen LogP contribution in [0.25, 0.3) is 10.9 Å². The molecule has 0 N–H and O–H groups in total. The first-order valence-electron chi connectivity index (χ1n) is 10.9. The quantitative estimate of drug-likeness (QED) is 0.523. The minimum Gasteiger partial charge on any atom is -0.341 e. The van der Waals surface area contributed by atoms with E-state index in [1.54, 1.807) is 11.9 Å². The van der Waals surface area contributed by atoms with Gasteiger partial charge >= 0.3 is 0 Å². The van der Waals surface area contributed by atoms with E-state index in [0.29, 0.717) is 12.3 Å². The van der Waals surface area contributed by atoms with Crippen LogP contribution in [0.5, 0.6) is 0 Å². The fourth-order valence-corrected chi connectivity index (χ4v) is 5.06. The third kappa shape index (κ3) is 5.13. The van der Waals surface area contributed by atoms with Crippen molar-refractivity contribution in [3.8, 4) is 0 Å². The van der Waals surface area contributed by atoms with Crippen molar-refractivity contribution in [2.24, 2.45) is 0 Å². The number of hydrogen-bond acceptors (Lipinski definition) is 3. The number of aromatic nitrogens is 1. The summed E-state index contributed by atoms with van der Waals surface area (Å²) in [6, 6.07) is 17.8. The van der Waals surface area contributed by atoms with Crippen LogP contribution in [0.15, 0.2) is 65.7 Å². The Hall–Kier alpha value is -2.73. The molecular weight excluding hydrogens is 406 g/mol. The second-order valence-corrected chi connectivity index (χ2v) is 9.03. The van der Waals surface area contributed by atoms with Crippen molar-refractivity contribution >= 4 is 40.2 Å². The molecule has 0 radical (unpaired) electrons. The zero-order chi connectivity index (χ0) is 21.6. The van der Waals surface area contributed by atoms with E-state index in [1.165, 1.54) is 24.6 Å². The highest BCUT2D eigenvalue weighted by Crippen LogP contribution is 2.30. The van der Waals surface area contributed by atoms with Gasteiger partial charge < -0.3 is 14.4 Å². The highest BCUT2D eigenvalue weighted by atomic mass is 32.2. The molecule has 1 aliphatic rings. The van der Waals surface area contributed by atoms with Crippen molar-refractivity contribution in [1.29, 1.82) is 0 Å². The highest BCUT2D eigenvalue weighted by molar-refractivity contribution is 8.00. The summed E-state index contributed by atoms with van der Waals surface area (Å²) in [5, 5.41) is 1.09. The summed E-state index contributed by atoms with van der Waals surface area (Å²) in [5.74, 6) is 0.576. The van der Waals surface area contributed by atoms with E-state index in [9.17, 15) is 9.59 Å². The van der Waals surface area contributed by atoms with Gasteiger partial charge in [-0.1, -0.05) is 49.2 Å². The van der Waals surface area contributed by atoms with Crippen molar-refractivity contribution < 1.29 is 9.59 Å². The lowest BCUT2D eigenvalue weighted by Gasteiger charge is -2.20. The molecule has 0 unspecified atom stereocenters. The van der Waals surface area contributed by atoms with Crippen LogP contribution in [-0.2, 0) is 16.1 Å². The molecule has 4 rings (SSSR count). The van der Waals surface area contributed by atoms with E-state index in [2.05, 4.69) is 6.07 Å². The van der Waals surface area contributed by atoms with Crippen LogP contribution in [0.4, 0.5) is 5.69 Å². The second kappa shape index (κ2) is 10.1. The molecule has 0 bridgehead atoms. The fourth-order valence-electron chi connectivity index (χ4n) is 4.06. The van der Waals surface area contributed by atoms with Crippen molar-refractivity contribution in [1.82, 2.24) is 9.47 Å². The number of benzene rings is 2. The van der Waals surface area contributed by atoms with Gasteiger partial charge in [-0.05, 0) is 31.0 Å². The lowest BCUT2D eigenvalue weighted by atomic mass is 10.2. The summed E-state index contributed by atoms with van der Waals surface area (Å²) < 4.78 is 2.04. The highest BCUT2D eigenvalue weighted by Gasteiger charge is 2.19. The molecule has 1 aromatic heterocycles. The van der Waals surface area contributed by atoms with Gasteiger partial charge in [0.25, 0.3) is 0 Å². The number of carbonyl (C=O) groups excluding carboxylic acids is 2. The second-order valence-electron chi connectivity index (χ2n) is 8.01. The molecule has 162 valence electrons. The number of amides is 2.